The first-order chi connectivity index (χ1) is 8.52. The Bertz CT molecular complexity index is 376. The molecule has 2 N–H and O–H groups in total. The van der Waals surface area contributed by atoms with Gasteiger partial charge in [-0.2, -0.15) is 0 Å². The molecule has 1 aromatic heterocycles. The summed E-state index contributed by atoms with van der Waals surface area (Å²) < 4.78 is 0. The zero-order valence-electron chi connectivity index (χ0n) is 12.0. The molecule has 0 aliphatic carbocycles. The van der Waals surface area contributed by atoms with Crippen LogP contribution < -0.4 is 10.6 Å². The monoisotopic (exact) mass is 268 g/mol. The molecule has 0 spiro atoms. The number of aromatic nitrogens is 1. The molecule has 4 nitrogen and oxygen atoms in total. The van der Waals surface area contributed by atoms with Crippen LogP contribution in [0.15, 0.2) is 4.99 Å². The lowest BCUT2D eigenvalue weighted by Gasteiger charge is -2.11. The molecule has 0 bridgehead atoms. The van der Waals surface area contributed by atoms with E-state index in [-0.39, 0.29) is 0 Å². The summed E-state index contributed by atoms with van der Waals surface area (Å²) in [5, 5.41) is 7.70. The molecule has 0 aliphatic heterocycles. The lowest BCUT2D eigenvalue weighted by atomic mass is 10.1. The second kappa shape index (κ2) is 7.36. The number of nitrogens with one attached hydrogen (secondary N) is 2. The van der Waals surface area contributed by atoms with Crippen molar-refractivity contribution in [1.29, 1.82) is 0 Å². The second-order valence-corrected chi connectivity index (χ2v) is 6.07. The molecule has 0 atom stereocenters. The Morgan fingerprint density at radius 3 is 2.56 bits per heavy atom. The number of hydrogen-bond acceptors (Lipinski definition) is 3. The van der Waals surface area contributed by atoms with Gasteiger partial charge in [-0.15, -0.1) is 11.3 Å². The fourth-order valence-electron chi connectivity index (χ4n) is 1.47. The van der Waals surface area contributed by atoms with E-state index in [1.54, 1.807) is 18.4 Å². The molecule has 0 saturated carbocycles. The summed E-state index contributed by atoms with van der Waals surface area (Å²) in [6.45, 7) is 10.3. The van der Waals surface area contributed by atoms with Gasteiger partial charge in [0.1, 0.15) is 5.01 Å². The molecule has 0 unspecified atom stereocenters. The number of thiazole rings is 1. The van der Waals surface area contributed by atoms with E-state index >= 15 is 0 Å². The highest BCUT2D eigenvalue weighted by Gasteiger charge is 2.04. The van der Waals surface area contributed by atoms with Crippen LogP contribution in [-0.2, 0) is 6.54 Å². The predicted octanol–water partition coefficient (Wildman–Crippen LogP) is 2.47. The van der Waals surface area contributed by atoms with Crippen LogP contribution in [0.1, 0.15) is 35.8 Å². The summed E-state index contributed by atoms with van der Waals surface area (Å²) in [5.74, 6) is 1.56. The molecule has 1 heterocycles. The lowest BCUT2D eigenvalue weighted by Crippen LogP contribution is -2.37. The van der Waals surface area contributed by atoms with Gasteiger partial charge in [0.05, 0.1) is 12.2 Å². The smallest absolute Gasteiger partial charge is 0.191 e. The molecule has 5 heteroatoms. The number of aliphatic imine (C=N–C) groups is 1. The van der Waals surface area contributed by atoms with Crippen molar-refractivity contribution in [2.24, 2.45) is 10.9 Å². The molecule has 102 valence electrons. The van der Waals surface area contributed by atoms with Crippen LogP contribution in [0.5, 0.6) is 0 Å². The molecule has 0 amide bonds. The third-order valence-electron chi connectivity index (χ3n) is 2.72. The zero-order valence-corrected chi connectivity index (χ0v) is 12.8. The van der Waals surface area contributed by atoms with E-state index in [2.05, 4.69) is 41.4 Å². The molecule has 0 fully saturated rings. The number of aryl methyl sites for hydroxylation is 2. The van der Waals surface area contributed by atoms with Gasteiger partial charge in [-0.1, -0.05) is 13.8 Å². The molecule has 18 heavy (non-hydrogen) atoms. The predicted molar refractivity (Wildman–Crippen MR) is 79.2 cm³/mol. The molecular weight excluding hydrogens is 244 g/mol. The summed E-state index contributed by atoms with van der Waals surface area (Å²) in [6, 6.07) is 0. The van der Waals surface area contributed by atoms with E-state index in [4.69, 9.17) is 0 Å². The summed E-state index contributed by atoms with van der Waals surface area (Å²) in [4.78, 5) is 9.99. The van der Waals surface area contributed by atoms with Crippen molar-refractivity contribution in [2.75, 3.05) is 13.6 Å². The summed E-state index contributed by atoms with van der Waals surface area (Å²) >= 11 is 1.74. The van der Waals surface area contributed by atoms with Crippen LogP contribution in [0.25, 0.3) is 0 Å². The van der Waals surface area contributed by atoms with Gasteiger partial charge in [0.2, 0.25) is 0 Å². The second-order valence-electron chi connectivity index (χ2n) is 4.78. The molecule has 0 aliphatic rings. The van der Waals surface area contributed by atoms with Crippen LogP contribution in [-0.4, -0.2) is 24.5 Å². The van der Waals surface area contributed by atoms with E-state index in [1.807, 2.05) is 6.92 Å². The molecule has 0 radical (unpaired) electrons. The maximum Gasteiger partial charge on any atom is 0.191 e. The van der Waals surface area contributed by atoms with Crippen molar-refractivity contribution in [3.63, 3.8) is 0 Å². The standard InChI is InChI=1S/C13H24N4S/c1-9(2)6-7-15-13(14-5)16-8-12-17-10(3)11(4)18-12/h9H,6-8H2,1-5H3,(H2,14,15,16). The van der Waals surface area contributed by atoms with Gasteiger partial charge in [-0.05, 0) is 26.2 Å². The van der Waals surface area contributed by atoms with Gasteiger partial charge in [0, 0.05) is 18.5 Å². The van der Waals surface area contributed by atoms with E-state index in [9.17, 15) is 0 Å². The SMILES string of the molecule is CN=C(NCCC(C)C)NCc1nc(C)c(C)s1. The Balaban J connectivity index is 2.36. The maximum absolute atomic E-state index is 4.50. The number of rotatable bonds is 5. The number of hydrogen-bond donors (Lipinski definition) is 2. The van der Waals surface area contributed by atoms with Crippen molar-refractivity contribution in [2.45, 2.75) is 40.7 Å². The normalized spacial score (nSPS) is 12.0. The third kappa shape index (κ3) is 5.04. The van der Waals surface area contributed by atoms with E-state index in [1.165, 1.54) is 4.88 Å². The maximum atomic E-state index is 4.50. The van der Waals surface area contributed by atoms with Gasteiger partial charge < -0.3 is 10.6 Å². The topological polar surface area (TPSA) is 49.3 Å². The fourth-order valence-corrected chi connectivity index (χ4v) is 2.35. The highest BCUT2D eigenvalue weighted by molar-refractivity contribution is 7.11. The van der Waals surface area contributed by atoms with Gasteiger partial charge in [0.15, 0.2) is 5.96 Å². The first-order valence-corrected chi connectivity index (χ1v) is 7.22. The summed E-state index contributed by atoms with van der Waals surface area (Å²) in [6.07, 6.45) is 1.15. The van der Waals surface area contributed by atoms with Crippen molar-refractivity contribution >= 4 is 17.3 Å². The van der Waals surface area contributed by atoms with Crippen molar-refractivity contribution < 1.29 is 0 Å². The average Bonchev–Trinajstić information content (AvgIpc) is 2.63. The Hall–Kier alpha value is -1.10. The summed E-state index contributed by atoms with van der Waals surface area (Å²) in [5.41, 5.74) is 1.12. The van der Waals surface area contributed by atoms with Gasteiger partial charge in [-0.25, -0.2) is 4.98 Å². The van der Waals surface area contributed by atoms with Crippen molar-refractivity contribution in [3.05, 3.63) is 15.6 Å². The van der Waals surface area contributed by atoms with Crippen LogP contribution in [0.4, 0.5) is 0 Å². The van der Waals surface area contributed by atoms with Crippen LogP contribution in [0, 0.1) is 19.8 Å². The fraction of sp³-hybridized carbons (Fsp3) is 0.692. The Labute approximate surface area is 114 Å². The Kier molecular flexibility index (Phi) is 6.12. The van der Waals surface area contributed by atoms with Crippen LogP contribution in [0.2, 0.25) is 0 Å². The van der Waals surface area contributed by atoms with Crippen LogP contribution >= 0.6 is 11.3 Å². The minimum Gasteiger partial charge on any atom is -0.356 e. The first-order valence-electron chi connectivity index (χ1n) is 6.40. The summed E-state index contributed by atoms with van der Waals surface area (Å²) in [7, 11) is 1.79. The minimum atomic E-state index is 0.708. The van der Waals surface area contributed by atoms with E-state index in [0.29, 0.717) is 5.92 Å². The van der Waals surface area contributed by atoms with Crippen molar-refractivity contribution in [3.8, 4) is 0 Å². The van der Waals surface area contributed by atoms with E-state index < -0.39 is 0 Å². The largest absolute Gasteiger partial charge is 0.356 e. The molecule has 1 aromatic rings. The molecular formula is C13H24N4S. The average molecular weight is 268 g/mol. The van der Waals surface area contributed by atoms with E-state index in [0.717, 1.165) is 36.2 Å². The highest BCUT2D eigenvalue weighted by atomic mass is 32.1. The molecule has 1 rings (SSSR count). The Morgan fingerprint density at radius 2 is 2.06 bits per heavy atom. The lowest BCUT2D eigenvalue weighted by molar-refractivity contribution is 0.573. The molecule has 0 saturated heterocycles. The van der Waals surface area contributed by atoms with Gasteiger partial charge >= 0.3 is 0 Å². The van der Waals surface area contributed by atoms with Gasteiger partial charge in [-0.3, -0.25) is 4.99 Å². The first kappa shape index (κ1) is 15.0. The third-order valence-corrected chi connectivity index (χ3v) is 3.79. The number of guanidine groups is 1. The highest BCUT2D eigenvalue weighted by Crippen LogP contribution is 2.15. The van der Waals surface area contributed by atoms with Crippen molar-refractivity contribution in [1.82, 2.24) is 15.6 Å². The quantitative estimate of drug-likeness (QED) is 0.637. The van der Waals surface area contributed by atoms with Crippen LogP contribution in [0.3, 0.4) is 0 Å². The number of nitrogens with zero attached hydrogens (tertiary/aromatic N) is 2. The zero-order chi connectivity index (χ0) is 13.5. The molecule has 0 aromatic carbocycles. The Morgan fingerprint density at radius 1 is 1.33 bits per heavy atom. The minimum absolute atomic E-state index is 0.708. The van der Waals surface area contributed by atoms with Gasteiger partial charge in [0.25, 0.3) is 0 Å².